The van der Waals surface area contributed by atoms with Gasteiger partial charge < -0.3 is 4.57 Å². The van der Waals surface area contributed by atoms with Crippen molar-refractivity contribution >= 4 is 54.6 Å². The lowest BCUT2D eigenvalue weighted by Crippen LogP contribution is -2.04. The molecule has 0 radical (unpaired) electrons. The van der Waals surface area contributed by atoms with E-state index in [1.807, 2.05) is 6.07 Å². The van der Waals surface area contributed by atoms with Gasteiger partial charge in [-0.2, -0.15) is 4.98 Å². The normalized spacial score (nSPS) is 12.0. The van der Waals surface area contributed by atoms with E-state index >= 15 is 0 Å². The van der Waals surface area contributed by atoms with Crippen molar-refractivity contribution in [3.8, 4) is 67.8 Å². The first kappa shape index (κ1) is 32.8. The van der Waals surface area contributed by atoms with Gasteiger partial charge in [-0.3, -0.25) is 4.57 Å². The summed E-state index contributed by atoms with van der Waals surface area (Å²) in [5.41, 5.74) is 15.6. The standard InChI is InChI=1S/C54H32N6/c1-3-13-33(14-4-1)34-23-25-35(26-24-34)52-55-50-41-19-7-8-20-42(41)51-49(50)53(57-52)58-54(56-51)60-46-22-12-10-18-40(46)44-32-37(28-30-48(44)60)36-27-29-47-43(31-36)39-17-9-11-21-45(39)59(47)38-15-5-2-6-16-38/h1-32H. The summed E-state index contributed by atoms with van der Waals surface area (Å²) in [6.07, 6.45) is 0. The molecule has 0 aliphatic heterocycles. The number of para-hydroxylation sites is 3. The zero-order chi connectivity index (χ0) is 39.3. The molecule has 1 aliphatic carbocycles. The molecule has 60 heavy (non-hydrogen) atoms. The van der Waals surface area contributed by atoms with Crippen molar-refractivity contribution in [1.29, 1.82) is 0 Å². The first-order valence-electron chi connectivity index (χ1n) is 20.2. The number of benzene rings is 8. The predicted octanol–water partition coefficient (Wildman–Crippen LogP) is 13.3. The first-order chi connectivity index (χ1) is 29.7. The molecule has 0 N–H and O–H groups in total. The summed E-state index contributed by atoms with van der Waals surface area (Å²) in [7, 11) is 0. The maximum atomic E-state index is 5.34. The summed E-state index contributed by atoms with van der Waals surface area (Å²) in [5.74, 6) is 1.22. The van der Waals surface area contributed by atoms with Gasteiger partial charge in [0.2, 0.25) is 5.95 Å². The fourth-order valence-corrected chi connectivity index (χ4v) is 9.36. The number of hydrogen-bond donors (Lipinski definition) is 0. The van der Waals surface area contributed by atoms with Crippen molar-refractivity contribution in [2.45, 2.75) is 0 Å². The third-order valence-corrected chi connectivity index (χ3v) is 12.1. The van der Waals surface area contributed by atoms with E-state index in [9.17, 15) is 0 Å². The Morgan fingerprint density at radius 1 is 0.317 bits per heavy atom. The van der Waals surface area contributed by atoms with Crippen LogP contribution in [0.25, 0.3) is 122 Å². The van der Waals surface area contributed by atoms with Gasteiger partial charge in [-0.15, -0.1) is 0 Å². The Balaban J connectivity index is 0.980. The van der Waals surface area contributed by atoms with E-state index < -0.39 is 0 Å². The lowest BCUT2D eigenvalue weighted by molar-refractivity contribution is 1.00. The van der Waals surface area contributed by atoms with E-state index in [0.717, 1.165) is 77.6 Å². The molecular weight excluding hydrogens is 733 g/mol. The van der Waals surface area contributed by atoms with Crippen molar-refractivity contribution in [3.05, 3.63) is 194 Å². The minimum Gasteiger partial charge on any atom is -0.309 e. The number of aromatic nitrogens is 6. The van der Waals surface area contributed by atoms with Crippen molar-refractivity contribution in [2.75, 3.05) is 0 Å². The largest absolute Gasteiger partial charge is 0.309 e. The van der Waals surface area contributed by atoms with Crippen LogP contribution in [0.15, 0.2) is 194 Å². The van der Waals surface area contributed by atoms with Gasteiger partial charge in [-0.25, -0.2) is 15.0 Å². The summed E-state index contributed by atoms with van der Waals surface area (Å²) in [5, 5.41) is 5.62. The zero-order valence-corrected chi connectivity index (χ0v) is 32.2. The highest BCUT2D eigenvalue weighted by Gasteiger charge is 2.28. The number of rotatable bonds is 5. The Labute approximate surface area is 344 Å². The first-order valence-corrected chi connectivity index (χ1v) is 20.2. The summed E-state index contributed by atoms with van der Waals surface area (Å²) >= 11 is 0. The number of fused-ring (bicyclic) bond motifs is 9. The van der Waals surface area contributed by atoms with Gasteiger partial charge in [-0.1, -0.05) is 146 Å². The van der Waals surface area contributed by atoms with Crippen LogP contribution >= 0.6 is 0 Å². The zero-order valence-electron chi connectivity index (χ0n) is 32.2. The highest BCUT2D eigenvalue weighted by atomic mass is 15.2. The minimum atomic E-state index is 0.582. The molecule has 0 atom stereocenters. The molecule has 0 amide bonds. The maximum absolute atomic E-state index is 5.34. The van der Waals surface area contributed by atoms with Crippen molar-refractivity contribution in [3.63, 3.8) is 0 Å². The summed E-state index contributed by atoms with van der Waals surface area (Å²) < 4.78 is 4.55. The predicted molar refractivity (Wildman–Crippen MR) is 245 cm³/mol. The second-order valence-electron chi connectivity index (χ2n) is 15.5. The third kappa shape index (κ3) is 4.82. The van der Waals surface area contributed by atoms with Crippen molar-refractivity contribution < 1.29 is 0 Å². The van der Waals surface area contributed by atoms with Crippen LogP contribution in [0.5, 0.6) is 0 Å². The summed E-state index contributed by atoms with van der Waals surface area (Å²) in [4.78, 5) is 21.0. The van der Waals surface area contributed by atoms with Crippen LogP contribution in [0.2, 0.25) is 0 Å². The molecule has 12 aromatic rings. The lowest BCUT2D eigenvalue weighted by Gasteiger charge is -2.10. The van der Waals surface area contributed by atoms with E-state index in [-0.39, 0.29) is 0 Å². The lowest BCUT2D eigenvalue weighted by atomic mass is 10.0. The Hall–Kier alpha value is -8.22. The average molecular weight is 765 g/mol. The topological polar surface area (TPSA) is 61.4 Å². The molecule has 0 spiro atoms. The molecule has 4 aromatic heterocycles. The van der Waals surface area contributed by atoms with Crippen LogP contribution in [-0.2, 0) is 0 Å². The van der Waals surface area contributed by atoms with Crippen LogP contribution in [0, 0.1) is 0 Å². The van der Waals surface area contributed by atoms with Gasteiger partial charge in [0.05, 0.1) is 38.8 Å². The monoisotopic (exact) mass is 764 g/mol. The number of hydrogen-bond acceptors (Lipinski definition) is 4. The molecule has 6 nitrogen and oxygen atoms in total. The van der Waals surface area contributed by atoms with E-state index in [4.69, 9.17) is 19.9 Å². The SMILES string of the molecule is c1ccc(-c2ccc(-c3nc4c5c(nc(-n6c7ccccc7c7cc(-c8ccc9c(c8)c8ccccc8n9-c8ccccc8)ccc76)nc5n3)-c3ccccc3-4)cc2)cc1. The molecule has 6 heteroatoms. The van der Waals surface area contributed by atoms with E-state index in [1.165, 1.54) is 27.4 Å². The molecule has 4 heterocycles. The molecule has 0 unspecified atom stereocenters. The molecule has 0 bridgehead atoms. The average Bonchev–Trinajstić information content (AvgIpc) is 3.95. The van der Waals surface area contributed by atoms with E-state index in [0.29, 0.717) is 17.4 Å². The van der Waals surface area contributed by atoms with Crippen molar-refractivity contribution in [2.24, 2.45) is 0 Å². The molecule has 0 saturated carbocycles. The second kappa shape index (κ2) is 12.6. The fourth-order valence-electron chi connectivity index (χ4n) is 9.36. The van der Waals surface area contributed by atoms with Crippen molar-refractivity contribution in [1.82, 2.24) is 29.1 Å². The number of nitrogens with zero attached hydrogens (tertiary/aromatic N) is 6. The van der Waals surface area contributed by atoms with Gasteiger partial charge in [0.25, 0.3) is 0 Å². The van der Waals surface area contributed by atoms with Gasteiger partial charge in [0, 0.05) is 43.9 Å². The molecule has 1 aliphatic rings. The molecule has 13 rings (SSSR count). The van der Waals surface area contributed by atoms with Gasteiger partial charge in [0.15, 0.2) is 11.5 Å². The van der Waals surface area contributed by atoms with Crippen LogP contribution in [0.3, 0.4) is 0 Å². The fraction of sp³-hybridized carbons (Fsp3) is 0. The van der Waals surface area contributed by atoms with Crippen LogP contribution in [0.4, 0.5) is 0 Å². The molecule has 0 saturated heterocycles. The third-order valence-electron chi connectivity index (χ3n) is 12.1. The second-order valence-corrected chi connectivity index (χ2v) is 15.5. The van der Waals surface area contributed by atoms with Gasteiger partial charge in [0.1, 0.15) is 0 Å². The van der Waals surface area contributed by atoms with E-state index in [1.54, 1.807) is 0 Å². The Bertz CT molecular complexity index is 3700. The van der Waals surface area contributed by atoms with Crippen LogP contribution < -0.4 is 0 Å². The Kier molecular flexibility index (Phi) is 6.91. The smallest absolute Gasteiger partial charge is 0.237 e. The van der Waals surface area contributed by atoms with Gasteiger partial charge in [-0.05, 0) is 70.8 Å². The highest BCUT2D eigenvalue weighted by Crippen LogP contribution is 2.46. The molecule has 278 valence electrons. The van der Waals surface area contributed by atoms with Crippen LogP contribution in [-0.4, -0.2) is 29.1 Å². The molecule has 8 aromatic carbocycles. The van der Waals surface area contributed by atoms with Crippen LogP contribution in [0.1, 0.15) is 0 Å². The Morgan fingerprint density at radius 3 is 1.47 bits per heavy atom. The quantitative estimate of drug-likeness (QED) is 0.175. The molecular formula is C54H32N6. The Morgan fingerprint density at radius 2 is 0.800 bits per heavy atom. The van der Waals surface area contributed by atoms with E-state index in [2.05, 4.69) is 197 Å². The highest BCUT2D eigenvalue weighted by molar-refractivity contribution is 6.14. The molecule has 0 fully saturated rings. The van der Waals surface area contributed by atoms with Gasteiger partial charge >= 0.3 is 0 Å². The minimum absolute atomic E-state index is 0.582. The maximum Gasteiger partial charge on any atom is 0.237 e. The summed E-state index contributed by atoms with van der Waals surface area (Å²) in [6.45, 7) is 0. The summed E-state index contributed by atoms with van der Waals surface area (Å²) in [6, 6.07) is 68.7.